The third-order valence-corrected chi connectivity index (χ3v) is 3.74. The molecule has 120 valence electrons. The van der Waals surface area contributed by atoms with E-state index in [-0.39, 0.29) is 5.91 Å². The second-order valence-corrected chi connectivity index (χ2v) is 5.69. The number of aromatic nitrogens is 3. The van der Waals surface area contributed by atoms with Gasteiger partial charge in [-0.1, -0.05) is 0 Å². The van der Waals surface area contributed by atoms with E-state index in [1.807, 2.05) is 19.0 Å². The molecule has 0 saturated carbocycles. The molecule has 0 aromatic carbocycles. The molecule has 0 radical (unpaired) electrons. The van der Waals surface area contributed by atoms with Crippen molar-refractivity contribution >= 4 is 23.4 Å². The van der Waals surface area contributed by atoms with E-state index in [2.05, 4.69) is 25.2 Å². The van der Waals surface area contributed by atoms with Crippen LogP contribution in [0.4, 0.5) is 17.5 Å². The summed E-state index contributed by atoms with van der Waals surface area (Å²) in [6.07, 6.45) is 7.17. The van der Waals surface area contributed by atoms with E-state index in [4.69, 9.17) is 0 Å². The Bertz CT molecular complexity index is 682. The summed E-state index contributed by atoms with van der Waals surface area (Å²) in [7, 11) is 3.80. The zero-order chi connectivity index (χ0) is 16.2. The van der Waals surface area contributed by atoms with Crippen molar-refractivity contribution in [1.82, 2.24) is 15.0 Å². The van der Waals surface area contributed by atoms with Crippen LogP contribution < -0.4 is 15.1 Å². The average molecular weight is 312 g/mol. The van der Waals surface area contributed by atoms with Crippen molar-refractivity contribution in [3.05, 3.63) is 36.3 Å². The normalized spacial score (nSPS) is 13.9. The third-order valence-electron chi connectivity index (χ3n) is 3.74. The van der Waals surface area contributed by atoms with Crippen molar-refractivity contribution in [2.45, 2.75) is 12.8 Å². The second kappa shape index (κ2) is 6.60. The molecule has 0 bridgehead atoms. The molecule has 3 heterocycles. The lowest BCUT2D eigenvalue weighted by atomic mass is 10.2. The summed E-state index contributed by atoms with van der Waals surface area (Å²) in [5, 5.41) is 2.86. The van der Waals surface area contributed by atoms with Gasteiger partial charge in [-0.3, -0.25) is 9.78 Å². The van der Waals surface area contributed by atoms with Gasteiger partial charge in [0.25, 0.3) is 5.91 Å². The van der Waals surface area contributed by atoms with Crippen LogP contribution in [0.3, 0.4) is 0 Å². The number of hydrogen-bond acceptors (Lipinski definition) is 6. The van der Waals surface area contributed by atoms with Gasteiger partial charge in [0.05, 0.1) is 11.8 Å². The first-order valence-electron chi connectivity index (χ1n) is 7.66. The van der Waals surface area contributed by atoms with Crippen molar-refractivity contribution in [2.75, 3.05) is 42.3 Å². The maximum atomic E-state index is 12.3. The summed E-state index contributed by atoms with van der Waals surface area (Å²) >= 11 is 0. The highest BCUT2D eigenvalue weighted by Crippen LogP contribution is 2.25. The molecule has 23 heavy (non-hydrogen) atoms. The molecule has 7 nitrogen and oxygen atoms in total. The number of hydrogen-bond donors (Lipinski definition) is 1. The number of carbonyl (C=O) groups is 1. The number of nitrogens with one attached hydrogen (secondary N) is 1. The quantitative estimate of drug-likeness (QED) is 0.928. The van der Waals surface area contributed by atoms with Gasteiger partial charge in [-0.15, -0.1) is 0 Å². The van der Waals surface area contributed by atoms with E-state index in [1.165, 1.54) is 19.0 Å². The van der Waals surface area contributed by atoms with Gasteiger partial charge in [-0.25, -0.2) is 4.98 Å². The van der Waals surface area contributed by atoms with Gasteiger partial charge in [-0.05, 0) is 25.0 Å². The monoisotopic (exact) mass is 312 g/mol. The Morgan fingerprint density at radius 3 is 2.70 bits per heavy atom. The maximum Gasteiger partial charge on any atom is 0.257 e. The van der Waals surface area contributed by atoms with Crippen LogP contribution in [0.2, 0.25) is 0 Å². The number of nitrogens with zero attached hydrogens (tertiary/aromatic N) is 5. The number of carbonyl (C=O) groups excluding carboxylic acids is 1. The van der Waals surface area contributed by atoms with Crippen molar-refractivity contribution in [3.8, 4) is 0 Å². The lowest BCUT2D eigenvalue weighted by Crippen LogP contribution is -2.23. The third kappa shape index (κ3) is 3.39. The van der Waals surface area contributed by atoms with Gasteiger partial charge >= 0.3 is 0 Å². The minimum atomic E-state index is -0.223. The Kier molecular flexibility index (Phi) is 4.36. The Balaban J connectivity index is 1.85. The smallest absolute Gasteiger partial charge is 0.257 e. The topological polar surface area (TPSA) is 74.2 Å². The first-order valence-corrected chi connectivity index (χ1v) is 7.66. The largest absolute Gasteiger partial charge is 0.361 e. The van der Waals surface area contributed by atoms with Crippen LogP contribution in [0.15, 0.2) is 30.7 Å². The van der Waals surface area contributed by atoms with Crippen LogP contribution in [0.5, 0.6) is 0 Å². The molecule has 1 amide bonds. The minimum absolute atomic E-state index is 0.223. The van der Waals surface area contributed by atoms with Gasteiger partial charge in [-0.2, -0.15) is 4.98 Å². The Morgan fingerprint density at radius 2 is 2.04 bits per heavy atom. The molecule has 1 fully saturated rings. The second-order valence-electron chi connectivity index (χ2n) is 5.69. The van der Waals surface area contributed by atoms with Crippen LogP contribution >= 0.6 is 0 Å². The lowest BCUT2D eigenvalue weighted by Gasteiger charge is -2.21. The van der Waals surface area contributed by atoms with E-state index in [1.54, 1.807) is 24.5 Å². The number of amides is 1. The molecule has 2 aromatic rings. The van der Waals surface area contributed by atoms with Crippen LogP contribution in [0.25, 0.3) is 0 Å². The molecule has 1 aliphatic heterocycles. The predicted octanol–water partition coefficient (Wildman–Crippen LogP) is 1.79. The number of anilines is 3. The van der Waals surface area contributed by atoms with Crippen LogP contribution in [-0.4, -0.2) is 48.0 Å². The zero-order valence-electron chi connectivity index (χ0n) is 13.4. The lowest BCUT2D eigenvalue weighted by molar-refractivity contribution is 0.102. The van der Waals surface area contributed by atoms with Crippen LogP contribution in [0.1, 0.15) is 23.2 Å². The highest BCUT2D eigenvalue weighted by Gasteiger charge is 2.18. The van der Waals surface area contributed by atoms with Crippen molar-refractivity contribution in [1.29, 1.82) is 0 Å². The molecule has 2 aromatic heterocycles. The van der Waals surface area contributed by atoms with E-state index >= 15 is 0 Å². The molecule has 3 rings (SSSR count). The van der Waals surface area contributed by atoms with Gasteiger partial charge < -0.3 is 15.1 Å². The molecule has 0 atom stereocenters. The molecule has 0 unspecified atom stereocenters. The van der Waals surface area contributed by atoms with Crippen molar-refractivity contribution in [3.63, 3.8) is 0 Å². The van der Waals surface area contributed by atoms with E-state index in [0.717, 1.165) is 13.1 Å². The summed E-state index contributed by atoms with van der Waals surface area (Å²) in [6.45, 7) is 1.96. The Hall–Kier alpha value is -2.70. The highest BCUT2D eigenvalue weighted by atomic mass is 16.1. The van der Waals surface area contributed by atoms with Crippen molar-refractivity contribution in [2.24, 2.45) is 0 Å². The fourth-order valence-electron chi connectivity index (χ4n) is 2.55. The van der Waals surface area contributed by atoms with E-state index in [9.17, 15) is 4.79 Å². The molecular formula is C16H20N6O. The van der Waals surface area contributed by atoms with Gasteiger partial charge in [0.2, 0.25) is 5.95 Å². The van der Waals surface area contributed by atoms with Crippen LogP contribution in [-0.2, 0) is 0 Å². The number of rotatable bonds is 4. The Morgan fingerprint density at radius 1 is 1.26 bits per heavy atom. The van der Waals surface area contributed by atoms with E-state index in [0.29, 0.717) is 23.0 Å². The minimum Gasteiger partial charge on any atom is -0.361 e. The van der Waals surface area contributed by atoms with Crippen LogP contribution in [0, 0.1) is 0 Å². The van der Waals surface area contributed by atoms with Gasteiger partial charge in [0.15, 0.2) is 5.82 Å². The molecular weight excluding hydrogens is 292 g/mol. The summed E-state index contributed by atoms with van der Waals surface area (Å²) in [5.41, 5.74) is 1.09. The van der Waals surface area contributed by atoms with E-state index < -0.39 is 0 Å². The average Bonchev–Trinajstić information content (AvgIpc) is 3.10. The molecule has 7 heteroatoms. The fourth-order valence-corrected chi connectivity index (χ4v) is 2.55. The highest BCUT2D eigenvalue weighted by molar-refractivity contribution is 6.05. The summed E-state index contributed by atoms with van der Waals surface area (Å²) in [4.78, 5) is 29.3. The molecule has 0 aliphatic carbocycles. The summed E-state index contributed by atoms with van der Waals surface area (Å²) in [6, 6.07) is 3.45. The van der Waals surface area contributed by atoms with Crippen molar-refractivity contribution < 1.29 is 4.79 Å². The molecule has 1 saturated heterocycles. The van der Waals surface area contributed by atoms with Gasteiger partial charge in [0, 0.05) is 39.6 Å². The zero-order valence-corrected chi connectivity index (χ0v) is 13.4. The Labute approximate surface area is 135 Å². The number of pyridine rings is 1. The molecule has 0 spiro atoms. The fraction of sp³-hybridized carbons (Fsp3) is 0.375. The SMILES string of the molecule is CN(C)c1nc(N2CCCC2)ncc1NC(=O)c1cccnc1. The molecule has 1 N–H and O–H groups in total. The van der Waals surface area contributed by atoms with Gasteiger partial charge in [0.1, 0.15) is 5.69 Å². The first-order chi connectivity index (χ1) is 11.1. The summed E-state index contributed by atoms with van der Waals surface area (Å²) < 4.78 is 0. The predicted molar refractivity (Wildman–Crippen MR) is 90.0 cm³/mol. The standard InChI is InChI=1S/C16H20N6O/c1-21(2)14-13(19-15(23)12-6-5-7-17-10-12)11-18-16(20-14)22-8-3-4-9-22/h5-7,10-11H,3-4,8-9H2,1-2H3,(H,19,23). The summed E-state index contributed by atoms with van der Waals surface area (Å²) in [5.74, 6) is 1.18. The molecule has 1 aliphatic rings. The maximum absolute atomic E-state index is 12.3. The first kappa shape index (κ1) is 15.2.